The van der Waals surface area contributed by atoms with Crippen LogP contribution >= 0.6 is 11.8 Å². The van der Waals surface area contributed by atoms with E-state index in [1.165, 1.54) is 0 Å². The van der Waals surface area contributed by atoms with Crippen LogP contribution < -0.4 is 10.1 Å². The van der Waals surface area contributed by atoms with Crippen molar-refractivity contribution < 1.29 is 14.3 Å². The first kappa shape index (κ1) is 19.8. The summed E-state index contributed by atoms with van der Waals surface area (Å²) in [4.78, 5) is 29.0. The maximum atomic E-state index is 11.6. The van der Waals surface area contributed by atoms with Gasteiger partial charge in [-0.2, -0.15) is 0 Å². The lowest BCUT2D eigenvalue weighted by Crippen LogP contribution is -2.29. The Labute approximate surface area is 158 Å². The predicted molar refractivity (Wildman–Crippen MR) is 106 cm³/mol. The SMILES string of the molecule is C=C/C=C\C(=N/C)N(C)CCOc1ccc(CC2SC(=O)NC2=O)cc1. The van der Waals surface area contributed by atoms with Gasteiger partial charge in [-0.1, -0.05) is 42.6 Å². The molecule has 1 aliphatic heterocycles. The van der Waals surface area contributed by atoms with E-state index < -0.39 is 0 Å². The average molecular weight is 373 g/mol. The quantitative estimate of drug-likeness (QED) is 0.431. The number of carbonyl (C=O) groups is 2. The van der Waals surface area contributed by atoms with Gasteiger partial charge < -0.3 is 9.64 Å². The van der Waals surface area contributed by atoms with Crippen molar-refractivity contribution in [2.45, 2.75) is 11.7 Å². The van der Waals surface area contributed by atoms with Crippen LogP contribution in [0.1, 0.15) is 5.56 Å². The van der Waals surface area contributed by atoms with Gasteiger partial charge in [-0.05, 0) is 30.2 Å². The molecular weight excluding hydrogens is 350 g/mol. The van der Waals surface area contributed by atoms with Crippen molar-refractivity contribution in [1.29, 1.82) is 0 Å². The van der Waals surface area contributed by atoms with E-state index in [0.29, 0.717) is 19.6 Å². The zero-order valence-electron chi connectivity index (χ0n) is 15.0. The highest BCUT2D eigenvalue weighted by molar-refractivity contribution is 8.15. The first-order valence-electron chi connectivity index (χ1n) is 8.23. The van der Waals surface area contributed by atoms with Crippen LogP contribution in [0.15, 0.2) is 54.1 Å². The van der Waals surface area contributed by atoms with Gasteiger partial charge in [0.1, 0.15) is 18.2 Å². The number of ether oxygens (including phenoxy) is 1. The zero-order valence-corrected chi connectivity index (χ0v) is 15.8. The molecule has 0 aromatic heterocycles. The summed E-state index contributed by atoms with van der Waals surface area (Å²) in [6.07, 6.45) is 5.97. The van der Waals surface area contributed by atoms with Crippen molar-refractivity contribution in [2.24, 2.45) is 4.99 Å². The first-order valence-corrected chi connectivity index (χ1v) is 9.11. The summed E-state index contributed by atoms with van der Waals surface area (Å²) in [5.41, 5.74) is 0.992. The number of nitrogens with one attached hydrogen (secondary N) is 1. The summed E-state index contributed by atoms with van der Waals surface area (Å²) in [5, 5.41) is 1.67. The van der Waals surface area contributed by atoms with Gasteiger partial charge in [0.15, 0.2) is 0 Å². The molecule has 1 atom stereocenters. The number of hydrogen-bond donors (Lipinski definition) is 1. The molecule has 7 heteroatoms. The Hall–Kier alpha value is -2.54. The number of carbonyl (C=O) groups excluding carboxylic acids is 2. The first-order chi connectivity index (χ1) is 12.5. The number of imide groups is 1. The summed E-state index contributed by atoms with van der Waals surface area (Å²) in [5.74, 6) is 1.39. The van der Waals surface area contributed by atoms with Gasteiger partial charge in [-0.15, -0.1) is 0 Å². The van der Waals surface area contributed by atoms with Crippen LogP contribution in [0.3, 0.4) is 0 Å². The third-order valence-corrected chi connectivity index (χ3v) is 4.79. The van der Waals surface area contributed by atoms with Gasteiger partial charge >= 0.3 is 0 Å². The molecule has 1 fully saturated rings. The molecule has 1 unspecified atom stereocenters. The number of amides is 2. The summed E-state index contributed by atoms with van der Waals surface area (Å²) in [6.45, 7) is 4.86. The van der Waals surface area contributed by atoms with Crippen LogP contribution in [0.2, 0.25) is 0 Å². The Morgan fingerprint density at radius 1 is 1.38 bits per heavy atom. The zero-order chi connectivity index (χ0) is 18.9. The molecule has 0 spiro atoms. The number of thioether (sulfide) groups is 1. The van der Waals surface area contributed by atoms with Gasteiger partial charge in [0, 0.05) is 14.1 Å². The Morgan fingerprint density at radius 2 is 2.12 bits per heavy atom. The second-order valence-corrected chi connectivity index (χ2v) is 6.85. The minimum atomic E-state index is -0.349. The molecule has 1 aromatic carbocycles. The Balaban J connectivity index is 1.80. The lowest BCUT2D eigenvalue weighted by atomic mass is 10.1. The van der Waals surface area contributed by atoms with E-state index in [1.807, 2.05) is 48.4 Å². The molecule has 0 bridgehead atoms. The molecule has 1 heterocycles. The number of benzene rings is 1. The van der Waals surface area contributed by atoms with Crippen molar-refractivity contribution >= 4 is 28.7 Å². The van der Waals surface area contributed by atoms with Crippen LogP contribution in [0.5, 0.6) is 5.75 Å². The molecule has 0 aliphatic carbocycles. The highest BCUT2D eigenvalue weighted by Gasteiger charge is 2.31. The molecule has 0 radical (unpaired) electrons. The van der Waals surface area contributed by atoms with Gasteiger partial charge in [0.05, 0.1) is 11.8 Å². The van der Waals surface area contributed by atoms with Crippen molar-refractivity contribution in [3.8, 4) is 5.75 Å². The van der Waals surface area contributed by atoms with E-state index >= 15 is 0 Å². The van der Waals surface area contributed by atoms with Crippen LogP contribution in [0.4, 0.5) is 4.79 Å². The topological polar surface area (TPSA) is 71.0 Å². The average Bonchev–Trinajstić information content (AvgIpc) is 2.94. The van der Waals surface area contributed by atoms with Gasteiger partial charge in [-0.25, -0.2) is 0 Å². The summed E-state index contributed by atoms with van der Waals surface area (Å²) < 4.78 is 5.76. The third-order valence-electron chi connectivity index (χ3n) is 3.81. The van der Waals surface area contributed by atoms with Crippen molar-refractivity contribution in [2.75, 3.05) is 27.2 Å². The van der Waals surface area contributed by atoms with E-state index in [4.69, 9.17) is 4.74 Å². The lowest BCUT2D eigenvalue weighted by molar-refractivity contribution is -0.118. The summed E-state index contributed by atoms with van der Waals surface area (Å²) in [7, 11) is 3.70. The van der Waals surface area contributed by atoms with Crippen LogP contribution in [0.25, 0.3) is 0 Å². The maximum absolute atomic E-state index is 11.6. The molecule has 1 aliphatic rings. The maximum Gasteiger partial charge on any atom is 0.286 e. The Morgan fingerprint density at radius 3 is 2.69 bits per heavy atom. The Kier molecular flexibility index (Phi) is 7.47. The smallest absolute Gasteiger partial charge is 0.286 e. The highest BCUT2D eigenvalue weighted by atomic mass is 32.2. The Bertz CT molecular complexity index is 713. The molecule has 2 amide bonds. The number of nitrogens with zero attached hydrogens (tertiary/aromatic N) is 2. The number of amidine groups is 1. The molecule has 2 rings (SSSR count). The number of allylic oxidation sites excluding steroid dienone is 2. The lowest BCUT2D eigenvalue weighted by Gasteiger charge is -2.19. The normalized spacial score (nSPS) is 17.5. The summed E-state index contributed by atoms with van der Waals surface area (Å²) >= 11 is 1.04. The van der Waals surface area contributed by atoms with E-state index in [9.17, 15) is 9.59 Å². The third kappa shape index (κ3) is 5.77. The van der Waals surface area contributed by atoms with Gasteiger partial charge in [0.2, 0.25) is 5.91 Å². The molecule has 26 heavy (non-hydrogen) atoms. The molecule has 0 saturated carbocycles. The minimum Gasteiger partial charge on any atom is -0.492 e. The van der Waals surface area contributed by atoms with E-state index in [2.05, 4.69) is 16.9 Å². The van der Waals surface area contributed by atoms with Crippen molar-refractivity contribution in [3.63, 3.8) is 0 Å². The van der Waals surface area contributed by atoms with E-state index in [0.717, 1.165) is 28.9 Å². The second kappa shape index (κ2) is 9.82. The largest absolute Gasteiger partial charge is 0.492 e. The highest BCUT2D eigenvalue weighted by Crippen LogP contribution is 2.23. The van der Waals surface area contributed by atoms with E-state index in [-0.39, 0.29) is 16.4 Å². The molecule has 1 saturated heterocycles. The standard InChI is InChI=1S/C19H23N3O3S/c1-4-5-6-17(20-2)22(3)11-12-25-15-9-7-14(8-10-15)13-16-18(23)21-19(24)26-16/h4-10,16H,1,11-13H2,2-3H3,(H,21,23,24)/b6-5-,20-17+. The van der Waals surface area contributed by atoms with Gasteiger partial charge in [-0.3, -0.25) is 19.9 Å². The van der Waals surface area contributed by atoms with Gasteiger partial charge in [0.25, 0.3) is 5.24 Å². The number of rotatable bonds is 8. The molecule has 1 aromatic rings. The van der Waals surface area contributed by atoms with Crippen molar-refractivity contribution in [3.05, 3.63) is 54.6 Å². The monoisotopic (exact) mass is 373 g/mol. The molecule has 138 valence electrons. The van der Waals surface area contributed by atoms with Crippen LogP contribution in [-0.4, -0.2) is 54.4 Å². The molecule has 6 nitrogen and oxygen atoms in total. The number of hydrogen-bond acceptors (Lipinski definition) is 5. The second-order valence-electron chi connectivity index (χ2n) is 5.68. The number of aliphatic imine (C=N–C) groups is 1. The predicted octanol–water partition coefficient (Wildman–Crippen LogP) is 2.66. The summed E-state index contributed by atoms with van der Waals surface area (Å²) in [6, 6.07) is 7.59. The van der Waals surface area contributed by atoms with Crippen LogP contribution in [-0.2, 0) is 11.2 Å². The molecule has 1 N–H and O–H groups in total. The fraction of sp³-hybridized carbons (Fsp3) is 0.316. The molecular formula is C19H23N3O3S. The fourth-order valence-electron chi connectivity index (χ4n) is 2.41. The fourth-order valence-corrected chi connectivity index (χ4v) is 3.26. The number of likely N-dealkylation sites (N-methyl/N-ethyl adjacent to an activating group) is 1. The van der Waals surface area contributed by atoms with E-state index in [1.54, 1.807) is 13.1 Å². The van der Waals surface area contributed by atoms with Crippen LogP contribution in [0, 0.1) is 0 Å². The minimum absolute atomic E-state index is 0.220. The van der Waals surface area contributed by atoms with Crippen molar-refractivity contribution in [1.82, 2.24) is 10.2 Å².